The summed E-state index contributed by atoms with van der Waals surface area (Å²) >= 11 is 1.60. The van der Waals surface area contributed by atoms with Crippen molar-refractivity contribution in [3.63, 3.8) is 0 Å². The van der Waals surface area contributed by atoms with Crippen LogP contribution in [0.25, 0.3) is 27.5 Å². The van der Waals surface area contributed by atoms with E-state index < -0.39 is 9.84 Å². The number of thiazole rings is 1. The summed E-state index contributed by atoms with van der Waals surface area (Å²) in [5, 5.41) is 4.63. The second-order valence-electron chi connectivity index (χ2n) is 6.15. The number of sulfone groups is 1. The maximum atomic E-state index is 11.6. The van der Waals surface area contributed by atoms with Crippen molar-refractivity contribution in [3.8, 4) is 27.5 Å². The highest BCUT2D eigenvalue weighted by atomic mass is 32.2. The molecule has 27 heavy (non-hydrogen) atoms. The largest absolute Gasteiger partial charge is 0.252 e. The quantitative estimate of drug-likeness (QED) is 0.525. The Morgan fingerprint density at radius 3 is 2.33 bits per heavy atom. The monoisotopic (exact) mass is 396 g/mol. The van der Waals surface area contributed by atoms with Crippen molar-refractivity contribution in [3.05, 3.63) is 66.1 Å². The second kappa shape index (κ2) is 6.71. The lowest BCUT2D eigenvalue weighted by molar-refractivity contribution is 0.601. The predicted molar refractivity (Wildman–Crippen MR) is 106 cm³/mol. The van der Waals surface area contributed by atoms with Gasteiger partial charge in [0.25, 0.3) is 0 Å². The van der Waals surface area contributed by atoms with Crippen molar-refractivity contribution in [2.75, 3.05) is 6.26 Å². The van der Waals surface area contributed by atoms with E-state index >= 15 is 0 Å². The van der Waals surface area contributed by atoms with Crippen molar-refractivity contribution in [1.29, 1.82) is 0 Å². The van der Waals surface area contributed by atoms with Gasteiger partial charge < -0.3 is 0 Å². The van der Waals surface area contributed by atoms with Crippen LogP contribution in [0.2, 0.25) is 0 Å². The Morgan fingerprint density at radius 2 is 1.74 bits per heavy atom. The summed E-state index contributed by atoms with van der Waals surface area (Å²) in [5.41, 5.74) is 5.68. The number of hydrogen-bond acceptors (Lipinski definition) is 6. The highest BCUT2D eigenvalue weighted by Crippen LogP contribution is 2.27. The Kier molecular flexibility index (Phi) is 4.37. The Morgan fingerprint density at radius 1 is 1.00 bits per heavy atom. The molecule has 0 aliphatic rings. The number of aryl methyl sites for hydroxylation is 1. The predicted octanol–water partition coefficient (Wildman–Crippen LogP) is 3.77. The number of hydrogen-bond donors (Lipinski definition) is 0. The molecule has 0 radical (unpaired) electrons. The van der Waals surface area contributed by atoms with E-state index in [4.69, 9.17) is 0 Å². The standard InChI is InChI=1S/C19H16N4O2S2/c1-13-9-17(14-3-5-15(6-4-14)18-11-20-12-26-18)22-23(13)19-8-7-16(10-21-19)27(2,24)25/h3-12H,1-2H3. The van der Waals surface area contributed by atoms with Gasteiger partial charge in [0, 0.05) is 29.9 Å². The van der Waals surface area contributed by atoms with Crippen molar-refractivity contribution < 1.29 is 8.42 Å². The van der Waals surface area contributed by atoms with Crippen molar-refractivity contribution in [1.82, 2.24) is 19.7 Å². The molecule has 0 aliphatic carbocycles. The molecule has 0 atom stereocenters. The minimum absolute atomic E-state index is 0.190. The molecule has 0 N–H and O–H groups in total. The fourth-order valence-corrected chi connectivity index (χ4v) is 3.92. The van der Waals surface area contributed by atoms with E-state index in [1.54, 1.807) is 28.2 Å². The van der Waals surface area contributed by atoms with Crippen LogP contribution >= 0.6 is 11.3 Å². The van der Waals surface area contributed by atoms with Gasteiger partial charge in [-0.3, -0.25) is 4.98 Å². The molecule has 6 nitrogen and oxygen atoms in total. The first-order chi connectivity index (χ1) is 12.9. The molecular formula is C19H16N4O2S2. The molecule has 4 rings (SSSR count). The number of rotatable bonds is 4. The van der Waals surface area contributed by atoms with Crippen molar-refractivity contribution >= 4 is 21.2 Å². The van der Waals surface area contributed by atoms with Gasteiger partial charge in [0.05, 0.1) is 21.0 Å². The number of nitrogens with zero attached hydrogens (tertiary/aromatic N) is 4. The molecule has 0 fully saturated rings. The van der Waals surface area contributed by atoms with Crippen LogP contribution in [0.3, 0.4) is 0 Å². The van der Waals surface area contributed by atoms with Gasteiger partial charge in [-0.15, -0.1) is 11.3 Å². The average molecular weight is 396 g/mol. The summed E-state index contributed by atoms with van der Waals surface area (Å²) in [6.07, 6.45) is 4.37. The third-order valence-corrected chi connectivity index (χ3v) is 6.07. The van der Waals surface area contributed by atoms with Gasteiger partial charge in [0.1, 0.15) is 0 Å². The molecule has 3 heterocycles. The summed E-state index contributed by atoms with van der Waals surface area (Å²) in [6, 6.07) is 13.3. The van der Waals surface area contributed by atoms with Crippen LogP contribution in [-0.2, 0) is 9.84 Å². The van der Waals surface area contributed by atoms with Gasteiger partial charge in [-0.25, -0.2) is 18.1 Å². The van der Waals surface area contributed by atoms with Crippen LogP contribution in [-0.4, -0.2) is 34.4 Å². The first kappa shape index (κ1) is 17.6. The van der Waals surface area contributed by atoms with Crippen molar-refractivity contribution in [2.45, 2.75) is 11.8 Å². The van der Waals surface area contributed by atoms with E-state index in [9.17, 15) is 8.42 Å². The molecule has 0 saturated carbocycles. The lowest BCUT2D eigenvalue weighted by Crippen LogP contribution is -2.04. The second-order valence-corrected chi connectivity index (χ2v) is 9.05. The third kappa shape index (κ3) is 3.54. The Hall–Kier alpha value is -2.84. The third-order valence-electron chi connectivity index (χ3n) is 4.15. The number of aromatic nitrogens is 4. The first-order valence-corrected chi connectivity index (χ1v) is 10.9. The highest BCUT2D eigenvalue weighted by Gasteiger charge is 2.12. The van der Waals surface area contributed by atoms with E-state index in [1.165, 1.54) is 6.20 Å². The molecule has 3 aromatic heterocycles. The Labute approximate surface area is 161 Å². The first-order valence-electron chi connectivity index (χ1n) is 8.14. The fraction of sp³-hybridized carbons (Fsp3) is 0.105. The van der Waals surface area contributed by atoms with Crippen LogP contribution in [0.5, 0.6) is 0 Å². The molecule has 0 unspecified atom stereocenters. The molecule has 1 aromatic carbocycles. The Bertz CT molecular complexity index is 1180. The maximum absolute atomic E-state index is 11.6. The van der Waals surface area contributed by atoms with E-state index in [0.29, 0.717) is 5.82 Å². The minimum atomic E-state index is -3.27. The lowest BCUT2D eigenvalue weighted by Gasteiger charge is -2.04. The lowest BCUT2D eigenvalue weighted by atomic mass is 10.1. The van der Waals surface area contributed by atoms with Crippen LogP contribution in [0.4, 0.5) is 0 Å². The molecule has 0 spiro atoms. The van der Waals surface area contributed by atoms with Gasteiger partial charge in [-0.1, -0.05) is 24.3 Å². The van der Waals surface area contributed by atoms with E-state index in [2.05, 4.69) is 27.2 Å². The summed E-state index contributed by atoms with van der Waals surface area (Å²) in [7, 11) is -3.27. The average Bonchev–Trinajstić information content (AvgIpc) is 3.31. The van der Waals surface area contributed by atoms with Gasteiger partial charge >= 0.3 is 0 Å². The number of pyridine rings is 1. The van der Waals surface area contributed by atoms with Crippen LogP contribution in [0.1, 0.15) is 5.69 Å². The summed E-state index contributed by atoms with van der Waals surface area (Å²) in [4.78, 5) is 9.67. The minimum Gasteiger partial charge on any atom is -0.252 e. The Balaban J connectivity index is 1.65. The van der Waals surface area contributed by atoms with E-state index in [1.807, 2.05) is 36.8 Å². The normalized spacial score (nSPS) is 11.6. The van der Waals surface area contributed by atoms with E-state index in [-0.39, 0.29) is 4.90 Å². The molecule has 0 aliphatic heterocycles. The maximum Gasteiger partial charge on any atom is 0.177 e. The topological polar surface area (TPSA) is 77.7 Å². The molecule has 4 aromatic rings. The summed E-state index contributed by atoms with van der Waals surface area (Å²) in [5.74, 6) is 0.576. The molecule has 136 valence electrons. The van der Waals surface area contributed by atoms with Gasteiger partial charge in [-0.2, -0.15) is 5.10 Å². The molecular weight excluding hydrogens is 380 g/mol. The molecule has 0 bridgehead atoms. The van der Waals surface area contributed by atoms with Gasteiger partial charge in [0.2, 0.25) is 0 Å². The molecule has 0 amide bonds. The van der Waals surface area contributed by atoms with Crippen LogP contribution < -0.4 is 0 Å². The van der Waals surface area contributed by atoms with Crippen LogP contribution in [0.15, 0.2) is 65.3 Å². The SMILES string of the molecule is Cc1cc(-c2ccc(-c3cncs3)cc2)nn1-c1ccc(S(C)(=O)=O)cn1. The summed E-state index contributed by atoms with van der Waals surface area (Å²) in [6.45, 7) is 1.94. The molecule has 0 saturated heterocycles. The van der Waals surface area contributed by atoms with Crippen molar-refractivity contribution in [2.24, 2.45) is 0 Å². The van der Waals surface area contributed by atoms with E-state index in [0.717, 1.165) is 33.6 Å². The zero-order valence-electron chi connectivity index (χ0n) is 14.7. The number of benzene rings is 1. The van der Waals surface area contributed by atoms with Gasteiger partial charge in [0.15, 0.2) is 15.7 Å². The van der Waals surface area contributed by atoms with Crippen LogP contribution in [0, 0.1) is 6.92 Å². The zero-order chi connectivity index (χ0) is 19.0. The molecule has 8 heteroatoms. The highest BCUT2D eigenvalue weighted by molar-refractivity contribution is 7.90. The van der Waals surface area contributed by atoms with Gasteiger partial charge in [-0.05, 0) is 30.7 Å². The summed E-state index contributed by atoms with van der Waals surface area (Å²) < 4.78 is 24.9. The zero-order valence-corrected chi connectivity index (χ0v) is 16.3. The smallest absolute Gasteiger partial charge is 0.177 e. The fourth-order valence-electron chi connectivity index (χ4n) is 2.73.